The molecule has 1 saturated heterocycles. The number of aromatic nitrogens is 2. The summed E-state index contributed by atoms with van der Waals surface area (Å²) < 4.78 is 1.55. The smallest absolute Gasteiger partial charge is 0.233 e. The molecule has 2 amide bonds. The molecule has 1 N–H and O–H groups in total. The standard InChI is InChI=1S/C15H24N4O2S3/c1-3-6-16-12(20)9-22-14-17-18-15(24-14)23-10-13(21)19-7-4-5-11(2)8-19/h11H,3-10H2,1-2H3,(H,16,20). The zero-order chi connectivity index (χ0) is 17.4. The molecule has 1 atom stereocenters. The molecule has 0 spiro atoms. The van der Waals surface area contributed by atoms with Crippen molar-refractivity contribution in [2.45, 2.75) is 41.8 Å². The number of likely N-dealkylation sites (tertiary alicyclic amines) is 1. The van der Waals surface area contributed by atoms with E-state index in [1.54, 1.807) is 0 Å². The van der Waals surface area contributed by atoms with Gasteiger partial charge in [-0.15, -0.1) is 10.2 Å². The molecule has 1 aromatic rings. The maximum absolute atomic E-state index is 12.2. The third kappa shape index (κ3) is 6.60. The maximum Gasteiger partial charge on any atom is 0.233 e. The van der Waals surface area contributed by atoms with Crippen LogP contribution in [0.2, 0.25) is 0 Å². The Morgan fingerprint density at radius 1 is 1.29 bits per heavy atom. The number of nitrogens with zero attached hydrogens (tertiary/aromatic N) is 3. The van der Waals surface area contributed by atoms with Crippen LogP contribution in [0.5, 0.6) is 0 Å². The second-order valence-corrected chi connectivity index (χ2v) is 9.27. The van der Waals surface area contributed by atoms with Crippen LogP contribution < -0.4 is 5.32 Å². The lowest BCUT2D eigenvalue weighted by Crippen LogP contribution is -2.40. The van der Waals surface area contributed by atoms with Gasteiger partial charge in [-0.3, -0.25) is 9.59 Å². The van der Waals surface area contributed by atoms with Gasteiger partial charge in [0.05, 0.1) is 11.5 Å². The van der Waals surface area contributed by atoms with Crippen molar-refractivity contribution >= 4 is 46.7 Å². The largest absolute Gasteiger partial charge is 0.355 e. The summed E-state index contributed by atoms with van der Waals surface area (Å²) in [6.07, 6.45) is 3.23. The lowest BCUT2D eigenvalue weighted by atomic mass is 10.0. The number of thioether (sulfide) groups is 2. The van der Waals surface area contributed by atoms with Crippen molar-refractivity contribution in [2.75, 3.05) is 31.1 Å². The van der Waals surface area contributed by atoms with Crippen LogP contribution in [0.15, 0.2) is 8.68 Å². The van der Waals surface area contributed by atoms with Crippen molar-refractivity contribution in [3.05, 3.63) is 0 Å². The van der Waals surface area contributed by atoms with Crippen LogP contribution in [-0.4, -0.2) is 58.1 Å². The van der Waals surface area contributed by atoms with Gasteiger partial charge in [0.1, 0.15) is 0 Å². The fraction of sp³-hybridized carbons (Fsp3) is 0.733. The van der Waals surface area contributed by atoms with E-state index in [0.717, 1.165) is 34.6 Å². The average Bonchev–Trinajstić information content (AvgIpc) is 3.04. The van der Waals surface area contributed by atoms with E-state index < -0.39 is 0 Å². The lowest BCUT2D eigenvalue weighted by Gasteiger charge is -2.30. The summed E-state index contributed by atoms with van der Waals surface area (Å²) in [6, 6.07) is 0. The molecule has 1 aliphatic heterocycles. The lowest BCUT2D eigenvalue weighted by molar-refractivity contribution is -0.130. The van der Waals surface area contributed by atoms with Crippen molar-refractivity contribution < 1.29 is 9.59 Å². The van der Waals surface area contributed by atoms with E-state index in [0.29, 0.717) is 24.0 Å². The number of piperidine rings is 1. The van der Waals surface area contributed by atoms with Crippen molar-refractivity contribution in [2.24, 2.45) is 5.92 Å². The molecule has 0 bridgehead atoms. The number of rotatable bonds is 8. The molecule has 0 aliphatic carbocycles. The number of hydrogen-bond donors (Lipinski definition) is 1. The Hall–Kier alpha value is -0.800. The van der Waals surface area contributed by atoms with Gasteiger partial charge in [-0.1, -0.05) is 48.7 Å². The topological polar surface area (TPSA) is 75.2 Å². The highest BCUT2D eigenvalue weighted by Crippen LogP contribution is 2.29. The first-order valence-corrected chi connectivity index (χ1v) is 11.0. The molecule has 24 heavy (non-hydrogen) atoms. The molecule has 0 aromatic carbocycles. The Balaban J connectivity index is 1.71. The Morgan fingerprint density at radius 2 is 2.00 bits per heavy atom. The van der Waals surface area contributed by atoms with E-state index in [-0.39, 0.29) is 11.8 Å². The Labute approximate surface area is 155 Å². The first-order valence-electron chi connectivity index (χ1n) is 8.22. The SMILES string of the molecule is CCCNC(=O)CSc1nnc(SCC(=O)N2CCCC(C)C2)s1. The van der Waals surface area contributed by atoms with Gasteiger partial charge >= 0.3 is 0 Å². The second-order valence-electron chi connectivity index (χ2n) is 5.85. The summed E-state index contributed by atoms with van der Waals surface area (Å²) in [7, 11) is 0. The Morgan fingerprint density at radius 3 is 2.67 bits per heavy atom. The number of carbonyl (C=O) groups is 2. The fourth-order valence-corrected chi connectivity index (χ4v) is 5.14. The summed E-state index contributed by atoms with van der Waals surface area (Å²) in [5.41, 5.74) is 0. The van der Waals surface area contributed by atoms with Gasteiger partial charge in [-0.2, -0.15) is 0 Å². The highest BCUT2D eigenvalue weighted by atomic mass is 32.2. The molecule has 1 aromatic heterocycles. The monoisotopic (exact) mass is 388 g/mol. The molecule has 1 aliphatic rings. The van der Waals surface area contributed by atoms with Crippen molar-refractivity contribution in [3.63, 3.8) is 0 Å². The first-order chi connectivity index (χ1) is 11.6. The molecule has 1 unspecified atom stereocenters. The van der Waals surface area contributed by atoms with Crippen LogP contribution >= 0.6 is 34.9 Å². The molecule has 9 heteroatoms. The number of nitrogens with one attached hydrogen (secondary N) is 1. The summed E-state index contributed by atoms with van der Waals surface area (Å²) in [5.74, 6) is 1.54. The summed E-state index contributed by atoms with van der Waals surface area (Å²) in [4.78, 5) is 25.8. The highest BCUT2D eigenvalue weighted by molar-refractivity contribution is 8.03. The van der Waals surface area contributed by atoms with E-state index in [2.05, 4.69) is 22.4 Å². The molecule has 0 saturated carbocycles. The van der Waals surface area contributed by atoms with E-state index in [9.17, 15) is 9.59 Å². The van der Waals surface area contributed by atoms with Gasteiger partial charge in [-0.05, 0) is 25.2 Å². The molecular formula is C15H24N4O2S3. The Bertz CT molecular complexity index is 553. The Kier molecular flexibility index (Phi) is 8.34. The maximum atomic E-state index is 12.2. The van der Waals surface area contributed by atoms with Crippen molar-refractivity contribution in [1.29, 1.82) is 0 Å². The van der Waals surface area contributed by atoms with Gasteiger partial charge < -0.3 is 10.2 Å². The van der Waals surface area contributed by atoms with Gasteiger partial charge in [0.2, 0.25) is 11.8 Å². The van der Waals surface area contributed by atoms with E-state index in [1.807, 2.05) is 11.8 Å². The molecular weight excluding hydrogens is 364 g/mol. The van der Waals surface area contributed by atoms with Crippen LogP contribution in [0, 0.1) is 5.92 Å². The third-order valence-electron chi connectivity index (χ3n) is 3.62. The molecule has 1 fully saturated rings. The minimum absolute atomic E-state index is 0.0145. The first kappa shape index (κ1) is 19.5. The quantitative estimate of drug-likeness (QED) is 0.690. The fourth-order valence-electron chi connectivity index (χ4n) is 2.39. The normalized spacial score (nSPS) is 17.8. The van der Waals surface area contributed by atoms with E-state index in [4.69, 9.17) is 0 Å². The van der Waals surface area contributed by atoms with Crippen LogP contribution in [0.4, 0.5) is 0 Å². The van der Waals surface area contributed by atoms with Crippen LogP contribution in [0.1, 0.15) is 33.1 Å². The highest BCUT2D eigenvalue weighted by Gasteiger charge is 2.21. The minimum Gasteiger partial charge on any atom is -0.355 e. The third-order valence-corrected chi connectivity index (χ3v) is 6.79. The van der Waals surface area contributed by atoms with Gasteiger partial charge in [0.25, 0.3) is 0 Å². The molecule has 0 radical (unpaired) electrons. The number of carbonyl (C=O) groups excluding carboxylic acids is 2. The van der Waals surface area contributed by atoms with E-state index >= 15 is 0 Å². The van der Waals surface area contributed by atoms with Crippen LogP contribution in [0.25, 0.3) is 0 Å². The predicted octanol–water partition coefficient (Wildman–Crippen LogP) is 2.51. The summed E-state index contributed by atoms with van der Waals surface area (Å²) in [5, 5.41) is 11.0. The van der Waals surface area contributed by atoms with Crippen LogP contribution in [-0.2, 0) is 9.59 Å². The van der Waals surface area contributed by atoms with E-state index in [1.165, 1.54) is 41.3 Å². The zero-order valence-corrected chi connectivity index (χ0v) is 16.6. The second kappa shape index (κ2) is 10.2. The predicted molar refractivity (Wildman–Crippen MR) is 99.6 cm³/mol. The summed E-state index contributed by atoms with van der Waals surface area (Å²) in [6.45, 7) is 6.65. The molecule has 2 rings (SSSR count). The summed E-state index contributed by atoms with van der Waals surface area (Å²) >= 11 is 4.26. The number of hydrogen-bond acceptors (Lipinski definition) is 7. The molecule has 6 nitrogen and oxygen atoms in total. The van der Waals surface area contributed by atoms with Crippen molar-refractivity contribution in [1.82, 2.24) is 20.4 Å². The van der Waals surface area contributed by atoms with Gasteiger partial charge in [-0.25, -0.2) is 0 Å². The van der Waals surface area contributed by atoms with Crippen LogP contribution in [0.3, 0.4) is 0 Å². The zero-order valence-electron chi connectivity index (χ0n) is 14.1. The van der Waals surface area contributed by atoms with Crippen molar-refractivity contribution in [3.8, 4) is 0 Å². The molecule has 2 heterocycles. The van der Waals surface area contributed by atoms with Gasteiger partial charge in [0, 0.05) is 19.6 Å². The van der Waals surface area contributed by atoms with Gasteiger partial charge in [0.15, 0.2) is 8.68 Å². The average molecular weight is 389 g/mol. The number of amides is 2. The molecule has 134 valence electrons. The minimum atomic E-state index is 0.0145.